The lowest BCUT2D eigenvalue weighted by molar-refractivity contribution is 0.0700. The molecule has 6 aromatic rings. The largest absolute Gasteiger partial charge is 0.337 e. The van der Waals surface area contributed by atoms with Gasteiger partial charge in [-0.3, -0.25) is 9.59 Å². The van der Waals surface area contributed by atoms with Gasteiger partial charge in [0.05, 0.1) is 0 Å². The number of amides is 2. The summed E-state index contributed by atoms with van der Waals surface area (Å²) in [7, 11) is 0. The van der Waals surface area contributed by atoms with E-state index in [1.807, 2.05) is 58.3 Å². The number of fused-ring (bicyclic) bond motifs is 1. The molecular formula is C44H46N6O4. The van der Waals surface area contributed by atoms with Gasteiger partial charge in [-0.05, 0) is 96.5 Å². The minimum absolute atomic E-state index is 0.0666. The molecule has 2 unspecified atom stereocenters. The fraction of sp³-hybridized carbons (Fsp3) is 0.364. The highest BCUT2D eigenvalue weighted by Crippen LogP contribution is 2.38. The number of carbonyl (C=O) groups excluding carboxylic acids is 2. The molecule has 2 saturated heterocycles. The molecule has 4 aromatic carbocycles. The van der Waals surface area contributed by atoms with Gasteiger partial charge in [0.15, 0.2) is 11.6 Å². The molecule has 4 atom stereocenters. The van der Waals surface area contributed by atoms with Gasteiger partial charge < -0.3 is 18.8 Å². The second kappa shape index (κ2) is 15.8. The van der Waals surface area contributed by atoms with Gasteiger partial charge in [-0.25, -0.2) is 0 Å². The Balaban J connectivity index is 0.920. The van der Waals surface area contributed by atoms with E-state index >= 15 is 0 Å². The first-order chi connectivity index (χ1) is 26.4. The molecule has 10 heteroatoms. The van der Waals surface area contributed by atoms with Gasteiger partial charge >= 0.3 is 0 Å². The van der Waals surface area contributed by atoms with E-state index in [4.69, 9.17) is 19.0 Å². The summed E-state index contributed by atoms with van der Waals surface area (Å²) in [5, 5.41) is 10.3. The number of hydrogen-bond donors (Lipinski definition) is 0. The predicted octanol–water partition coefficient (Wildman–Crippen LogP) is 8.40. The molecule has 276 valence electrons. The van der Waals surface area contributed by atoms with Crippen molar-refractivity contribution in [2.24, 2.45) is 11.8 Å². The standard InChI is InChI=1S/C44H46N6O4/c1-29-23-37(41-45-39(47-53-41)17-9-15-31-11-5-3-6-12-31)49(27-29)43(51)35-21-19-34-26-36(22-20-33(34)25-35)44(52)50-28-30(2)24-38(50)42-46-40(48-54-42)18-10-16-32-13-7-4-8-14-32/h3-8,11-14,19-22,25-26,29-30,37-38H,9-10,15-18,23-24,27-28H2,1-2H3/t29-,30-,37?,38?/m1/s1. The van der Waals surface area contributed by atoms with Crippen molar-refractivity contribution in [3.05, 3.63) is 143 Å². The summed E-state index contributed by atoms with van der Waals surface area (Å²) in [4.78, 5) is 41.2. The van der Waals surface area contributed by atoms with Gasteiger partial charge in [-0.2, -0.15) is 9.97 Å². The monoisotopic (exact) mass is 722 g/mol. The van der Waals surface area contributed by atoms with E-state index < -0.39 is 0 Å². The first kappa shape index (κ1) is 35.4. The van der Waals surface area contributed by atoms with Gasteiger partial charge in [0.2, 0.25) is 11.8 Å². The Morgan fingerprint density at radius 3 is 1.44 bits per heavy atom. The summed E-state index contributed by atoms with van der Waals surface area (Å²) in [6, 6.07) is 31.6. The number of aryl methyl sites for hydroxylation is 4. The quantitative estimate of drug-likeness (QED) is 0.124. The van der Waals surface area contributed by atoms with Gasteiger partial charge in [0.25, 0.3) is 11.8 Å². The smallest absolute Gasteiger partial charge is 0.254 e. The lowest BCUT2D eigenvalue weighted by Crippen LogP contribution is -2.31. The maximum atomic E-state index is 14.0. The molecule has 10 nitrogen and oxygen atoms in total. The zero-order chi connectivity index (χ0) is 37.0. The fourth-order valence-electron chi connectivity index (χ4n) is 8.05. The van der Waals surface area contributed by atoms with Crippen LogP contribution < -0.4 is 0 Å². The summed E-state index contributed by atoms with van der Waals surface area (Å²) in [6.07, 6.45) is 6.71. The van der Waals surface area contributed by atoms with Crippen molar-refractivity contribution in [3.63, 3.8) is 0 Å². The molecule has 0 bridgehead atoms. The zero-order valence-corrected chi connectivity index (χ0v) is 30.9. The van der Waals surface area contributed by atoms with Crippen LogP contribution in [0.2, 0.25) is 0 Å². The van der Waals surface area contributed by atoms with Crippen LogP contribution in [0.25, 0.3) is 10.8 Å². The highest BCUT2D eigenvalue weighted by atomic mass is 16.5. The van der Waals surface area contributed by atoms with Crippen LogP contribution in [0.15, 0.2) is 106 Å². The molecule has 0 saturated carbocycles. The second-order valence-corrected chi connectivity index (χ2v) is 15.2. The van der Waals surface area contributed by atoms with Crippen LogP contribution >= 0.6 is 0 Å². The molecule has 2 aromatic heterocycles. The molecule has 0 spiro atoms. The van der Waals surface area contributed by atoms with Crippen molar-refractivity contribution < 1.29 is 18.6 Å². The van der Waals surface area contributed by atoms with Crippen LogP contribution in [0.5, 0.6) is 0 Å². The van der Waals surface area contributed by atoms with Crippen molar-refractivity contribution in [1.29, 1.82) is 0 Å². The number of nitrogens with zero attached hydrogens (tertiary/aromatic N) is 6. The minimum Gasteiger partial charge on any atom is -0.337 e. The summed E-state index contributed by atoms with van der Waals surface area (Å²) in [5.41, 5.74) is 3.76. The first-order valence-electron chi connectivity index (χ1n) is 19.3. The van der Waals surface area contributed by atoms with Crippen molar-refractivity contribution in [2.75, 3.05) is 13.1 Å². The highest BCUT2D eigenvalue weighted by molar-refractivity contribution is 6.02. The second-order valence-electron chi connectivity index (χ2n) is 15.2. The van der Waals surface area contributed by atoms with Crippen molar-refractivity contribution in [3.8, 4) is 0 Å². The minimum atomic E-state index is -0.265. The molecule has 2 amide bonds. The molecular weight excluding hydrogens is 677 g/mol. The van der Waals surface area contributed by atoms with Gasteiger partial charge in [0, 0.05) is 37.1 Å². The number of carbonyl (C=O) groups is 2. The molecule has 2 aliphatic rings. The molecule has 54 heavy (non-hydrogen) atoms. The number of hydrogen-bond acceptors (Lipinski definition) is 8. The average Bonchev–Trinajstić information content (AvgIpc) is 4.02. The molecule has 0 aliphatic carbocycles. The third-order valence-electron chi connectivity index (χ3n) is 10.8. The maximum Gasteiger partial charge on any atom is 0.254 e. The molecule has 0 radical (unpaired) electrons. The van der Waals surface area contributed by atoms with Gasteiger partial charge in [-0.1, -0.05) is 97.0 Å². The van der Waals surface area contributed by atoms with E-state index in [0.29, 0.717) is 72.3 Å². The van der Waals surface area contributed by atoms with Crippen LogP contribution in [-0.2, 0) is 25.7 Å². The number of rotatable bonds is 12. The van der Waals surface area contributed by atoms with Gasteiger partial charge in [0.1, 0.15) is 12.1 Å². The van der Waals surface area contributed by atoms with Crippen LogP contribution in [0.3, 0.4) is 0 Å². The van der Waals surface area contributed by atoms with Crippen molar-refractivity contribution in [2.45, 2.75) is 77.3 Å². The normalized spacial score (nSPS) is 19.9. The van der Waals surface area contributed by atoms with Gasteiger partial charge in [-0.15, -0.1) is 0 Å². The van der Waals surface area contributed by atoms with Crippen molar-refractivity contribution in [1.82, 2.24) is 30.1 Å². The van der Waals surface area contributed by atoms with E-state index in [1.165, 1.54) is 11.1 Å². The maximum absolute atomic E-state index is 14.0. The third kappa shape index (κ3) is 7.83. The van der Waals surface area contributed by atoms with Crippen LogP contribution in [0, 0.1) is 11.8 Å². The lowest BCUT2D eigenvalue weighted by atomic mass is 10.0. The predicted molar refractivity (Wildman–Crippen MR) is 205 cm³/mol. The lowest BCUT2D eigenvalue weighted by Gasteiger charge is -2.23. The Morgan fingerprint density at radius 1 is 0.593 bits per heavy atom. The Kier molecular flexibility index (Phi) is 10.3. The topological polar surface area (TPSA) is 118 Å². The summed E-state index contributed by atoms with van der Waals surface area (Å²) in [5.74, 6) is 2.83. The summed E-state index contributed by atoms with van der Waals surface area (Å²) < 4.78 is 11.5. The van der Waals surface area contributed by atoms with Crippen LogP contribution in [0.4, 0.5) is 0 Å². The number of aromatic nitrogens is 4. The van der Waals surface area contributed by atoms with E-state index in [9.17, 15) is 9.59 Å². The van der Waals surface area contributed by atoms with Crippen molar-refractivity contribution >= 4 is 22.6 Å². The number of benzene rings is 4. The van der Waals surface area contributed by atoms with Crippen LogP contribution in [-0.4, -0.2) is 55.0 Å². The van der Waals surface area contributed by atoms with E-state index in [2.05, 4.69) is 72.7 Å². The summed E-state index contributed by atoms with van der Waals surface area (Å²) >= 11 is 0. The third-order valence-corrected chi connectivity index (χ3v) is 10.8. The molecule has 0 N–H and O–H groups in total. The Hall–Kier alpha value is -5.64. The first-order valence-corrected chi connectivity index (χ1v) is 19.3. The fourth-order valence-corrected chi connectivity index (χ4v) is 8.05. The number of likely N-dealkylation sites (tertiary alicyclic amines) is 2. The molecule has 2 fully saturated rings. The highest BCUT2D eigenvalue weighted by Gasteiger charge is 2.39. The van der Waals surface area contributed by atoms with E-state index in [1.54, 1.807) is 0 Å². The van der Waals surface area contributed by atoms with Crippen LogP contribution in [0.1, 0.15) is 107 Å². The molecule has 4 heterocycles. The average molecular weight is 723 g/mol. The molecule has 2 aliphatic heterocycles. The summed E-state index contributed by atoms with van der Waals surface area (Å²) in [6.45, 7) is 5.52. The van der Waals surface area contributed by atoms with E-state index in [-0.39, 0.29) is 23.9 Å². The Bertz CT molecular complexity index is 2060. The molecule has 8 rings (SSSR count). The Morgan fingerprint density at radius 2 is 1.02 bits per heavy atom. The zero-order valence-electron chi connectivity index (χ0n) is 30.9. The SMILES string of the molecule is C[C@@H]1CC(c2nc(CCCc3ccccc3)no2)N(C(=O)c2ccc3cc(C(=O)N4C[C@H](C)CC4c4nc(CCCc5ccccc5)no4)ccc3c2)C1. The Labute approximate surface area is 315 Å². The van der Waals surface area contributed by atoms with E-state index in [0.717, 1.165) is 49.3 Å².